The van der Waals surface area contributed by atoms with Crippen LogP contribution in [-0.4, -0.2) is 59.9 Å². The number of carbonyl (C=O) groups excluding carboxylic acids is 2. The third-order valence-corrected chi connectivity index (χ3v) is 9.78. The van der Waals surface area contributed by atoms with Crippen molar-refractivity contribution < 1.29 is 47.5 Å². The van der Waals surface area contributed by atoms with E-state index in [-0.39, 0.29) is 12.8 Å². The van der Waals surface area contributed by atoms with E-state index in [2.05, 4.69) is 97.4 Å². The fraction of sp³-hybridized carbons (Fsp3) is 0.604. The lowest BCUT2D eigenvalue weighted by molar-refractivity contribution is -0.161. The summed E-state index contributed by atoms with van der Waals surface area (Å²) in [7, 11) is -4.75. The Morgan fingerprint density at radius 1 is 0.533 bits per heavy atom. The first-order valence-corrected chi connectivity index (χ1v) is 23.8. The Morgan fingerprint density at radius 2 is 0.967 bits per heavy atom. The number of phosphoric ester groups is 1. The van der Waals surface area contributed by atoms with Gasteiger partial charge >= 0.3 is 25.7 Å². The monoisotopic (exact) mass is 860 g/mol. The summed E-state index contributed by atoms with van der Waals surface area (Å²) in [5.74, 6) is -2.55. The van der Waals surface area contributed by atoms with Gasteiger partial charge in [0.25, 0.3) is 0 Å². The standard InChI is InChI=1S/C48H78NO10P/c1-3-5-7-9-11-13-15-17-19-21-22-24-25-27-29-31-33-35-37-39-46(50)56-41-44(42-57-60(54,55)58-43-45(49)48(52)53)59-47(51)40-38-36-34-32-30-28-26-23-20-18-16-14-12-10-8-6-4-2/h5,7,11,13,17,19,22,24,26-29,32-35,44-45H,3-4,6,8-10,12,14-16,18,20-21,23,25,30-31,36-43,49H2,1-2H3,(H,52,53)(H,54,55)/b7-5+,13-11+,19-17+,24-22+,28-26+,29-27+,34-32+,35-33+/t44-,45+/m1/s1. The summed E-state index contributed by atoms with van der Waals surface area (Å²) >= 11 is 0. The van der Waals surface area contributed by atoms with E-state index in [1.807, 2.05) is 18.2 Å². The highest BCUT2D eigenvalue weighted by Gasteiger charge is 2.28. The van der Waals surface area contributed by atoms with E-state index in [0.717, 1.165) is 51.4 Å². The Hall–Kier alpha value is -3.60. The lowest BCUT2D eigenvalue weighted by Gasteiger charge is -2.20. The van der Waals surface area contributed by atoms with Crippen LogP contribution in [0, 0.1) is 0 Å². The molecule has 0 rings (SSSR count). The first-order valence-electron chi connectivity index (χ1n) is 22.3. The van der Waals surface area contributed by atoms with Crippen molar-refractivity contribution in [3.63, 3.8) is 0 Å². The molecule has 12 heteroatoms. The molecule has 0 aliphatic heterocycles. The van der Waals surface area contributed by atoms with Crippen LogP contribution in [0.25, 0.3) is 0 Å². The van der Waals surface area contributed by atoms with Gasteiger partial charge < -0.3 is 25.2 Å². The normalized spacial score (nSPS) is 14.6. The first kappa shape index (κ1) is 56.4. The fourth-order valence-corrected chi connectivity index (χ4v) is 6.14. The third kappa shape index (κ3) is 41.1. The number of aliphatic carboxylic acids is 1. The Kier molecular flexibility index (Phi) is 39.6. The van der Waals surface area contributed by atoms with Crippen molar-refractivity contribution in [2.45, 2.75) is 167 Å². The van der Waals surface area contributed by atoms with Crippen molar-refractivity contribution in [3.05, 3.63) is 97.2 Å². The summed E-state index contributed by atoms with van der Waals surface area (Å²) in [4.78, 5) is 45.9. The maximum absolute atomic E-state index is 12.6. The summed E-state index contributed by atoms with van der Waals surface area (Å²) in [6.07, 6.45) is 53.5. The van der Waals surface area contributed by atoms with Crippen LogP contribution in [0.1, 0.15) is 155 Å². The van der Waals surface area contributed by atoms with Crippen molar-refractivity contribution >= 4 is 25.7 Å². The molecule has 0 radical (unpaired) electrons. The van der Waals surface area contributed by atoms with Gasteiger partial charge in [0, 0.05) is 12.8 Å². The van der Waals surface area contributed by atoms with Gasteiger partial charge in [-0.1, -0.05) is 162 Å². The number of nitrogens with two attached hydrogens (primary N) is 1. The van der Waals surface area contributed by atoms with E-state index in [9.17, 15) is 23.8 Å². The molecule has 0 amide bonds. The summed E-state index contributed by atoms with van der Waals surface area (Å²) in [5, 5.41) is 8.89. The van der Waals surface area contributed by atoms with E-state index < -0.39 is 57.7 Å². The number of hydrogen-bond donors (Lipinski definition) is 3. The van der Waals surface area contributed by atoms with Crippen molar-refractivity contribution in [1.82, 2.24) is 0 Å². The average Bonchev–Trinajstić information content (AvgIpc) is 3.22. The van der Waals surface area contributed by atoms with Gasteiger partial charge in [-0.25, -0.2) is 4.57 Å². The molecule has 1 unspecified atom stereocenters. The molecule has 0 aromatic carbocycles. The molecule has 0 heterocycles. The molecule has 60 heavy (non-hydrogen) atoms. The maximum Gasteiger partial charge on any atom is 0.472 e. The Balaban J connectivity index is 4.55. The molecule has 0 aromatic rings. The van der Waals surface area contributed by atoms with Crippen LogP contribution >= 0.6 is 7.82 Å². The number of carbonyl (C=O) groups is 3. The Morgan fingerprint density at radius 3 is 1.47 bits per heavy atom. The summed E-state index contributed by atoms with van der Waals surface area (Å²) < 4.78 is 32.6. The minimum Gasteiger partial charge on any atom is -0.480 e. The molecule has 11 nitrogen and oxygen atoms in total. The van der Waals surface area contributed by atoms with Crippen LogP contribution in [0.15, 0.2) is 97.2 Å². The molecule has 3 atom stereocenters. The van der Waals surface area contributed by atoms with E-state index in [1.54, 1.807) is 0 Å². The molecule has 0 saturated carbocycles. The number of carboxylic acid groups (broad SMARTS) is 1. The van der Waals surface area contributed by atoms with Crippen LogP contribution in [0.2, 0.25) is 0 Å². The quantitative estimate of drug-likeness (QED) is 0.0232. The van der Waals surface area contributed by atoms with E-state index in [0.29, 0.717) is 19.3 Å². The van der Waals surface area contributed by atoms with E-state index in [1.165, 1.54) is 57.8 Å². The molecule has 0 spiro atoms. The van der Waals surface area contributed by atoms with Crippen LogP contribution in [0.3, 0.4) is 0 Å². The van der Waals surface area contributed by atoms with Gasteiger partial charge in [-0.15, -0.1) is 0 Å². The van der Waals surface area contributed by atoms with Crippen molar-refractivity contribution in [1.29, 1.82) is 0 Å². The zero-order chi connectivity index (χ0) is 44.2. The molecule has 0 fully saturated rings. The van der Waals surface area contributed by atoms with Crippen LogP contribution < -0.4 is 5.73 Å². The molecular weight excluding hydrogens is 781 g/mol. The van der Waals surface area contributed by atoms with Gasteiger partial charge in [-0.3, -0.25) is 23.4 Å². The number of ether oxygens (including phenoxy) is 2. The largest absolute Gasteiger partial charge is 0.480 e. The number of phosphoric acid groups is 1. The SMILES string of the molecule is CC/C=C/C/C=C/C/C=C/C/C=C/C/C=C/C/C=C/CCC(=O)OC[C@H](COP(=O)(O)OC[C@H](N)C(=O)O)OC(=O)CCC/C=C/C/C=C/CCCCCCCCCCC. The lowest BCUT2D eigenvalue weighted by Crippen LogP contribution is -2.34. The van der Waals surface area contributed by atoms with Crippen molar-refractivity contribution in [2.75, 3.05) is 19.8 Å². The molecule has 0 aliphatic carbocycles. The van der Waals surface area contributed by atoms with Crippen LogP contribution in [-0.2, 0) is 37.5 Å². The molecule has 0 aromatic heterocycles. The molecular formula is C48H78NO10P. The highest BCUT2D eigenvalue weighted by molar-refractivity contribution is 7.47. The Labute approximate surface area is 362 Å². The van der Waals surface area contributed by atoms with Gasteiger partial charge in [-0.05, 0) is 77.0 Å². The highest BCUT2D eigenvalue weighted by atomic mass is 31.2. The minimum absolute atomic E-state index is 0.0761. The molecule has 4 N–H and O–H groups in total. The number of allylic oxidation sites excluding steroid dienone is 16. The van der Waals surface area contributed by atoms with E-state index in [4.69, 9.17) is 24.8 Å². The number of unbranched alkanes of at least 4 members (excludes halogenated alkanes) is 10. The summed E-state index contributed by atoms with van der Waals surface area (Å²) in [6, 6.07) is -1.54. The van der Waals surface area contributed by atoms with Gasteiger partial charge in [0.2, 0.25) is 0 Å². The van der Waals surface area contributed by atoms with Gasteiger partial charge in [0.05, 0.1) is 13.2 Å². The minimum atomic E-state index is -4.75. The fourth-order valence-electron chi connectivity index (χ4n) is 5.36. The van der Waals surface area contributed by atoms with Crippen molar-refractivity contribution in [2.24, 2.45) is 5.73 Å². The molecule has 0 aliphatic rings. The number of rotatable bonds is 40. The predicted octanol–water partition coefficient (Wildman–Crippen LogP) is 12.1. The number of carboxylic acids is 1. The maximum atomic E-state index is 12.6. The van der Waals surface area contributed by atoms with E-state index >= 15 is 0 Å². The molecule has 0 saturated heterocycles. The van der Waals surface area contributed by atoms with Gasteiger partial charge in [-0.2, -0.15) is 0 Å². The van der Waals surface area contributed by atoms with Crippen LogP contribution in [0.4, 0.5) is 0 Å². The van der Waals surface area contributed by atoms with Crippen LogP contribution in [0.5, 0.6) is 0 Å². The zero-order valence-electron chi connectivity index (χ0n) is 36.8. The molecule has 0 bridgehead atoms. The first-order chi connectivity index (χ1) is 29.1. The summed E-state index contributed by atoms with van der Waals surface area (Å²) in [5.41, 5.74) is 5.33. The van der Waals surface area contributed by atoms with Gasteiger partial charge in [0.1, 0.15) is 12.6 Å². The summed E-state index contributed by atoms with van der Waals surface area (Å²) in [6.45, 7) is 2.56. The second-order valence-electron chi connectivity index (χ2n) is 14.4. The number of esters is 2. The second-order valence-corrected chi connectivity index (χ2v) is 15.9. The smallest absolute Gasteiger partial charge is 0.472 e. The highest BCUT2D eigenvalue weighted by Crippen LogP contribution is 2.43. The predicted molar refractivity (Wildman–Crippen MR) is 244 cm³/mol. The number of hydrogen-bond acceptors (Lipinski definition) is 9. The van der Waals surface area contributed by atoms with Crippen molar-refractivity contribution in [3.8, 4) is 0 Å². The lowest BCUT2D eigenvalue weighted by atomic mass is 10.1. The topological polar surface area (TPSA) is 172 Å². The Bertz CT molecular complexity index is 1380. The average molecular weight is 860 g/mol. The zero-order valence-corrected chi connectivity index (χ0v) is 37.6. The second kappa shape index (κ2) is 42.1. The third-order valence-electron chi connectivity index (χ3n) is 8.83. The molecule has 340 valence electrons. The van der Waals surface area contributed by atoms with Gasteiger partial charge in [0.15, 0.2) is 6.10 Å².